The minimum Gasteiger partial charge on any atom is -0.329 e. The number of hydrogen-bond donors (Lipinski definition) is 1. The zero-order chi connectivity index (χ0) is 12.9. The Bertz CT molecular complexity index is 345. The van der Waals surface area contributed by atoms with Gasteiger partial charge in [0.15, 0.2) is 0 Å². The molecule has 0 unspecified atom stereocenters. The summed E-state index contributed by atoms with van der Waals surface area (Å²) < 4.78 is 0. The summed E-state index contributed by atoms with van der Waals surface area (Å²) >= 11 is 0. The predicted octanol–water partition coefficient (Wildman–Crippen LogP) is 2.94. The van der Waals surface area contributed by atoms with Crippen molar-refractivity contribution >= 4 is 0 Å². The topological polar surface area (TPSA) is 29.3 Å². The van der Waals surface area contributed by atoms with Gasteiger partial charge in [-0.25, -0.2) is 0 Å². The summed E-state index contributed by atoms with van der Waals surface area (Å²) in [7, 11) is 0. The highest BCUT2D eigenvalue weighted by Crippen LogP contribution is 2.19. The Morgan fingerprint density at radius 1 is 1.24 bits per heavy atom. The first-order chi connectivity index (χ1) is 8.01. The van der Waals surface area contributed by atoms with Gasteiger partial charge in [0.1, 0.15) is 0 Å². The Morgan fingerprint density at radius 2 is 1.88 bits per heavy atom. The Kier molecular flexibility index (Phi) is 5.16. The highest BCUT2D eigenvalue weighted by Gasteiger charge is 2.24. The minimum atomic E-state index is 0.0677. The van der Waals surface area contributed by atoms with Crippen molar-refractivity contribution in [1.82, 2.24) is 4.90 Å². The number of hydrogen-bond acceptors (Lipinski definition) is 2. The molecule has 1 rings (SSSR count). The minimum absolute atomic E-state index is 0.0677. The van der Waals surface area contributed by atoms with Crippen LogP contribution in [0.4, 0.5) is 0 Å². The summed E-state index contributed by atoms with van der Waals surface area (Å²) in [5.74, 6) is 0. The van der Waals surface area contributed by atoms with Gasteiger partial charge in [-0.2, -0.15) is 0 Å². The van der Waals surface area contributed by atoms with E-state index in [-0.39, 0.29) is 5.54 Å². The van der Waals surface area contributed by atoms with Gasteiger partial charge < -0.3 is 5.73 Å². The number of rotatable bonds is 6. The monoisotopic (exact) mass is 234 g/mol. The van der Waals surface area contributed by atoms with Crippen LogP contribution in [0.2, 0.25) is 0 Å². The van der Waals surface area contributed by atoms with Crippen molar-refractivity contribution in [3.05, 3.63) is 35.4 Å². The highest BCUT2D eigenvalue weighted by molar-refractivity contribution is 5.25. The van der Waals surface area contributed by atoms with Crippen molar-refractivity contribution in [2.75, 3.05) is 13.1 Å². The van der Waals surface area contributed by atoms with Crippen LogP contribution in [0.5, 0.6) is 0 Å². The summed E-state index contributed by atoms with van der Waals surface area (Å²) in [6, 6.07) is 8.60. The summed E-state index contributed by atoms with van der Waals surface area (Å²) in [6.45, 7) is 11.6. The van der Waals surface area contributed by atoms with Crippen molar-refractivity contribution in [1.29, 1.82) is 0 Å². The summed E-state index contributed by atoms with van der Waals surface area (Å²) in [5.41, 5.74) is 8.72. The summed E-state index contributed by atoms with van der Waals surface area (Å²) in [4.78, 5) is 2.48. The largest absolute Gasteiger partial charge is 0.329 e. The first-order valence-electron chi connectivity index (χ1n) is 6.51. The molecule has 17 heavy (non-hydrogen) atoms. The van der Waals surface area contributed by atoms with E-state index in [1.165, 1.54) is 11.1 Å². The van der Waals surface area contributed by atoms with E-state index in [9.17, 15) is 0 Å². The standard InChI is InChI=1S/C15H26N2/c1-5-10-17(15(3,4)12-16)11-14-9-7-6-8-13(14)2/h6-9H,5,10-12,16H2,1-4H3. The van der Waals surface area contributed by atoms with Crippen molar-refractivity contribution in [3.8, 4) is 0 Å². The Labute approximate surface area is 106 Å². The van der Waals surface area contributed by atoms with E-state index < -0.39 is 0 Å². The normalized spacial score (nSPS) is 12.1. The van der Waals surface area contributed by atoms with E-state index >= 15 is 0 Å². The molecule has 1 aromatic carbocycles. The first kappa shape index (κ1) is 14.2. The van der Waals surface area contributed by atoms with Gasteiger partial charge in [0.2, 0.25) is 0 Å². The maximum atomic E-state index is 5.89. The maximum absolute atomic E-state index is 5.89. The van der Waals surface area contributed by atoms with Crippen molar-refractivity contribution in [2.24, 2.45) is 5.73 Å². The average Bonchev–Trinajstić information content (AvgIpc) is 2.31. The Morgan fingerprint density at radius 3 is 2.41 bits per heavy atom. The van der Waals surface area contributed by atoms with Crippen molar-refractivity contribution in [3.63, 3.8) is 0 Å². The fourth-order valence-corrected chi connectivity index (χ4v) is 1.99. The van der Waals surface area contributed by atoms with Crippen LogP contribution in [0, 0.1) is 6.92 Å². The third-order valence-corrected chi connectivity index (χ3v) is 3.47. The van der Waals surface area contributed by atoms with Crippen LogP contribution >= 0.6 is 0 Å². The predicted molar refractivity (Wildman–Crippen MR) is 75.0 cm³/mol. The molecule has 0 heterocycles. The molecule has 0 saturated heterocycles. The van der Waals surface area contributed by atoms with Gasteiger partial charge in [0.05, 0.1) is 0 Å². The Balaban J connectivity index is 2.84. The SMILES string of the molecule is CCCN(Cc1ccccc1C)C(C)(C)CN. The van der Waals surface area contributed by atoms with Gasteiger partial charge in [0, 0.05) is 18.6 Å². The van der Waals surface area contributed by atoms with Crippen molar-refractivity contribution in [2.45, 2.75) is 46.2 Å². The fraction of sp³-hybridized carbons (Fsp3) is 0.600. The quantitative estimate of drug-likeness (QED) is 0.820. The molecule has 0 aliphatic heterocycles. The lowest BCUT2D eigenvalue weighted by atomic mass is 10.00. The first-order valence-corrected chi connectivity index (χ1v) is 6.51. The van der Waals surface area contributed by atoms with Crippen LogP contribution < -0.4 is 5.73 Å². The lowest BCUT2D eigenvalue weighted by molar-refractivity contribution is 0.118. The van der Waals surface area contributed by atoms with Gasteiger partial charge in [-0.05, 0) is 44.9 Å². The number of benzene rings is 1. The van der Waals surface area contributed by atoms with E-state index in [0.717, 1.165) is 19.5 Å². The molecule has 0 amide bonds. The van der Waals surface area contributed by atoms with E-state index in [1.54, 1.807) is 0 Å². The van der Waals surface area contributed by atoms with Crippen LogP contribution in [0.1, 0.15) is 38.3 Å². The summed E-state index contributed by atoms with van der Waals surface area (Å²) in [5, 5.41) is 0. The van der Waals surface area contributed by atoms with Gasteiger partial charge in [-0.1, -0.05) is 31.2 Å². The van der Waals surface area contributed by atoms with Gasteiger partial charge in [-0.15, -0.1) is 0 Å². The molecule has 0 bridgehead atoms. The van der Waals surface area contributed by atoms with Gasteiger partial charge in [0.25, 0.3) is 0 Å². The highest BCUT2D eigenvalue weighted by atomic mass is 15.2. The van der Waals surface area contributed by atoms with Crippen LogP contribution in [-0.4, -0.2) is 23.5 Å². The molecule has 2 nitrogen and oxygen atoms in total. The molecule has 2 N–H and O–H groups in total. The molecule has 0 radical (unpaired) electrons. The lowest BCUT2D eigenvalue weighted by Gasteiger charge is -2.38. The Hall–Kier alpha value is -0.860. The van der Waals surface area contributed by atoms with Crippen LogP contribution in [0.15, 0.2) is 24.3 Å². The van der Waals surface area contributed by atoms with Crippen LogP contribution in [0.3, 0.4) is 0 Å². The molecular weight excluding hydrogens is 208 g/mol. The van der Waals surface area contributed by atoms with E-state index in [1.807, 2.05) is 0 Å². The smallest absolute Gasteiger partial charge is 0.0278 e. The lowest BCUT2D eigenvalue weighted by Crippen LogP contribution is -2.49. The summed E-state index contributed by atoms with van der Waals surface area (Å²) in [6.07, 6.45) is 1.16. The second-order valence-corrected chi connectivity index (χ2v) is 5.36. The molecule has 0 aromatic heterocycles. The van der Waals surface area contributed by atoms with E-state index in [0.29, 0.717) is 6.54 Å². The molecule has 0 saturated carbocycles. The molecule has 0 fully saturated rings. The third kappa shape index (κ3) is 3.83. The van der Waals surface area contributed by atoms with Gasteiger partial charge in [-0.3, -0.25) is 4.90 Å². The van der Waals surface area contributed by atoms with Crippen LogP contribution in [0.25, 0.3) is 0 Å². The van der Waals surface area contributed by atoms with Crippen molar-refractivity contribution < 1.29 is 0 Å². The van der Waals surface area contributed by atoms with E-state index in [4.69, 9.17) is 5.73 Å². The molecule has 0 aliphatic rings. The maximum Gasteiger partial charge on any atom is 0.0278 e. The number of aryl methyl sites for hydroxylation is 1. The second-order valence-electron chi connectivity index (χ2n) is 5.36. The van der Waals surface area contributed by atoms with E-state index in [2.05, 4.69) is 56.9 Å². The second kappa shape index (κ2) is 6.18. The van der Waals surface area contributed by atoms with Crippen LogP contribution in [-0.2, 0) is 6.54 Å². The zero-order valence-electron chi connectivity index (χ0n) is 11.7. The van der Waals surface area contributed by atoms with Gasteiger partial charge >= 0.3 is 0 Å². The molecular formula is C15H26N2. The average molecular weight is 234 g/mol. The number of nitrogens with zero attached hydrogens (tertiary/aromatic N) is 1. The number of nitrogens with two attached hydrogens (primary N) is 1. The zero-order valence-corrected chi connectivity index (χ0v) is 11.7. The molecule has 0 spiro atoms. The molecule has 96 valence electrons. The fourth-order valence-electron chi connectivity index (χ4n) is 1.99. The molecule has 2 heteroatoms. The molecule has 0 atom stereocenters. The third-order valence-electron chi connectivity index (χ3n) is 3.47. The molecule has 1 aromatic rings. The molecule has 0 aliphatic carbocycles.